The number of methoxy groups -OCH3 is 1. The van der Waals surface area contributed by atoms with E-state index in [1.807, 2.05) is 30.3 Å². The molecule has 14 heavy (non-hydrogen) atoms. The van der Waals surface area contributed by atoms with Crippen LogP contribution in [0.4, 0.5) is 4.39 Å². The van der Waals surface area contributed by atoms with Crippen LogP contribution in [0, 0.1) is 0 Å². The van der Waals surface area contributed by atoms with Crippen molar-refractivity contribution < 1.29 is 13.9 Å². The fourth-order valence-corrected chi connectivity index (χ4v) is 1.11. The number of hydrogen-bond acceptors (Lipinski definition) is 2. The van der Waals surface area contributed by atoms with Crippen LogP contribution < -0.4 is 0 Å². The molecular weight excluding hydrogens is 183 g/mol. The van der Waals surface area contributed by atoms with Crippen LogP contribution in [0.5, 0.6) is 0 Å². The number of hydrogen-bond donors (Lipinski definition) is 0. The molecule has 0 radical (unpaired) electrons. The van der Waals surface area contributed by atoms with Crippen molar-refractivity contribution in [2.45, 2.75) is 12.8 Å². The minimum atomic E-state index is -1.04. The third kappa shape index (κ3) is 4.35. The van der Waals surface area contributed by atoms with Gasteiger partial charge in [-0.3, -0.25) is 0 Å². The highest BCUT2D eigenvalue weighted by Crippen LogP contribution is 2.02. The Kier molecular flexibility index (Phi) is 5.19. The lowest BCUT2D eigenvalue weighted by Crippen LogP contribution is -2.15. The van der Waals surface area contributed by atoms with E-state index in [1.54, 1.807) is 0 Å². The SMILES string of the molecule is COCC(F)COCc1ccccc1. The number of alkyl halides is 1. The van der Waals surface area contributed by atoms with Gasteiger partial charge in [0.15, 0.2) is 0 Å². The summed E-state index contributed by atoms with van der Waals surface area (Å²) >= 11 is 0. The Morgan fingerprint density at radius 3 is 2.57 bits per heavy atom. The summed E-state index contributed by atoms with van der Waals surface area (Å²) in [4.78, 5) is 0. The quantitative estimate of drug-likeness (QED) is 0.697. The van der Waals surface area contributed by atoms with Crippen LogP contribution >= 0.6 is 0 Å². The largest absolute Gasteiger partial charge is 0.382 e. The first-order chi connectivity index (χ1) is 6.83. The Balaban J connectivity index is 2.16. The molecule has 0 bridgehead atoms. The number of ether oxygens (including phenoxy) is 2. The van der Waals surface area contributed by atoms with Crippen molar-refractivity contribution in [3.05, 3.63) is 35.9 Å². The normalized spacial score (nSPS) is 12.7. The van der Waals surface area contributed by atoms with Gasteiger partial charge in [-0.15, -0.1) is 0 Å². The van der Waals surface area contributed by atoms with Crippen molar-refractivity contribution in [3.8, 4) is 0 Å². The first-order valence-electron chi connectivity index (χ1n) is 4.57. The molecular formula is C11H15FO2. The van der Waals surface area contributed by atoms with E-state index in [9.17, 15) is 4.39 Å². The van der Waals surface area contributed by atoms with Crippen LogP contribution in [0.3, 0.4) is 0 Å². The predicted octanol–water partition coefficient (Wildman–Crippen LogP) is 2.19. The van der Waals surface area contributed by atoms with Gasteiger partial charge in [-0.05, 0) is 5.56 Å². The summed E-state index contributed by atoms with van der Waals surface area (Å²) in [6, 6.07) is 9.70. The third-order valence-electron chi connectivity index (χ3n) is 1.76. The minimum Gasteiger partial charge on any atom is -0.382 e. The standard InChI is InChI=1S/C11H15FO2/c1-13-8-11(12)9-14-7-10-5-3-2-4-6-10/h2-6,11H,7-9H2,1H3. The molecule has 1 aromatic rings. The van der Waals surface area contributed by atoms with E-state index < -0.39 is 6.17 Å². The fourth-order valence-electron chi connectivity index (χ4n) is 1.11. The lowest BCUT2D eigenvalue weighted by Gasteiger charge is -2.07. The molecule has 1 unspecified atom stereocenters. The lowest BCUT2D eigenvalue weighted by atomic mass is 10.2. The van der Waals surface area contributed by atoms with Gasteiger partial charge in [0.25, 0.3) is 0 Å². The van der Waals surface area contributed by atoms with E-state index >= 15 is 0 Å². The molecule has 0 heterocycles. The Labute approximate surface area is 83.6 Å². The van der Waals surface area contributed by atoms with Crippen molar-refractivity contribution in [2.24, 2.45) is 0 Å². The molecule has 0 aliphatic heterocycles. The van der Waals surface area contributed by atoms with Gasteiger partial charge in [0.2, 0.25) is 0 Å². The van der Waals surface area contributed by atoms with Crippen LogP contribution in [0.1, 0.15) is 5.56 Å². The van der Waals surface area contributed by atoms with Gasteiger partial charge in [0, 0.05) is 7.11 Å². The van der Waals surface area contributed by atoms with Gasteiger partial charge in [0.1, 0.15) is 6.17 Å². The molecule has 0 saturated carbocycles. The fraction of sp³-hybridized carbons (Fsp3) is 0.455. The second-order valence-electron chi connectivity index (χ2n) is 3.05. The van der Waals surface area contributed by atoms with Crippen LogP contribution in [-0.4, -0.2) is 26.5 Å². The van der Waals surface area contributed by atoms with Gasteiger partial charge in [-0.25, -0.2) is 4.39 Å². The second kappa shape index (κ2) is 6.51. The van der Waals surface area contributed by atoms with Gasteiger partial charge >= 0.3 is 0 Å². The molecule has 0 spiro atoms. The highest BCUT2D eigenvalue weighted by Gasteiger charge is 2.05. The van der Waals surface area contributed by atoms with Gasteiger partial charge in [-0.1, -0.05) is 30.3 Å². The summed E-state index contributed by atoms with van der Waals surface area (Å²) in [7, 11) is 1.48. The molecule has 0 aliphatic rings. The lowest BCUT2D eigenvalue weighted by molar-refractivity contribution is 0.0307. The Morgan fingerprint density at radius 1 is 1.21 bits per heavy atom. The van der Waals surface area contributed by atoms with Gasteiger partial charge < -0.3 is 9.47 Å². The summed E-state index contributed by atoms with van der Waals surface area (Å²) < 4.78 is 22.7. The summed E-state index contributed by atoms with van der Waals surface area (Å²) in [6.07, 6.45) is -1.04. The van der Waals surface area contributed by atoms with Crippen molar-refractivity contribution in [3.63, 3.8) is 0 Å². The minimum absolute atomic E-state index is 0.0860. The molecule has 2 nitrogen and oxygen atoms in total. The molecule has 78 valence electrons. The van der Waals surface area contributed by atoms with Crippen LogP contribution in [0.15, 0.2) is 30.3 Å². The molecule has 1 rings (SSSR count). The third-order valence-corrected chi connectivity index (χ3v) is 1.76. The summed E-state index contributed by atoms with van der Waals surface area (Å²) in [6.45, 7) is 0.627. The van der Waals surface area contributed by atoms with E-state index in [2.05, 4.69) is 4.74 Å². The Morgan fingerprint density at radius 2 is 1.93 bits per heavy atom. The van der Waals surface area contributed by atoms with E-state index in [-0.39, 0.29) is 13.2 Å². The monoisotopic (exact) mass is 198 g/mol. The van der Waals surface area contributed by atoms with E-state index in [1.165, 1.54) is 7.11 Å². The van der Waals surface area contributed by atoms with Crippen molar-refractivity contribution in [1.29, 1.82) is 0 Å². The van der Waals surface area contributed by atoms with Crippen LogP contribution in [0.2, 0.25) is 0 Å². The zero-order valence-corrected chi connectivity index (χ0v) is 8.28. The topological polar surface area (TPSA) is 18.5 Å². The predicted molar refractivity (Wildman–Crippen MR) is 52.9 cm³/mol. The van der Waals surface area contributed by atoms with Crippen LogP contribution in [-0.2, 0) is 16.1 Å². The molecule has 0 fully saturated rings. The highest BCUT2D eigenvalue weighted by molar-refractivity contribution is 5.13. The molecule has 0 saturated heterocycles. The average molecular weight is 198 g/mol. The van der Waals surface area contributed by atoms with Crippen LogP contribution in [0.25, 0.3) is 0 Å². The zero-order valence-electron chi connectivity index (χ0n) is 8.28. The first kappa shape index (κ1) is 11.1. The number of benzene rings is 1. The molecule has 1 atom stereocenters. The Bertz CT molecular complexity index is 238. The smallest absolute Gasteiger partial charge is 0.147 e. The molecule has 0 aromatic heterocycles. The van der Waals surface area contributed by atoms with Gasteiger partial charge in [-0.2, -0.15) is 0 Å². The maximum atomic E-state index is 12.9. The maximum absolute atomic E-state index is 12.9. The number of rotatable bonds is 6. The zero-order chi connectivity index (χ0) is 10.2. The highest BCUT2D eigenvalue weighted by atomic mass is 19.1. The molecule has 1 aromatic carbocycles. The van der Waals surface area contributed by atoms with Crippen molar-refractivity contribution in [1.82, 2.24) is 0 Å². The van der Waals surface area contributed by atoms with E-state index in [0.29, 0.717) is 6.61 Å². The number of halogens is 1. The van der Waals surface area contributed by atoms with E-state index in [4.69, 9.17) is 4.74 Å². The van der Waals surface area contributed by atoms with Gasteiger partial charge in [0.05, 0.1) is 19.8 Å². The molecule has 0 aliphatic carbocycles. The maximum Gasteiger partial charge on any atom is 0.147 e. The molecule has 0 amide bonds. The summed E-state index contributed by atoms with van der Waals surface area (Å²) in [5.41, 5.74) is 1.05. The summed E-state index contributed by atoms with van der Waals surface area (Å²) in [5, 5.41) is 0. The first-order valence-corrected chi connectivity index (χ1v) is 4.57. The second-order valence-corrected chi connectivity index (χ2v) is 3.05. The van der Waals surface area contributed by atoms with Crippen molar-refractivity contribution >= 4 is 0 Å². The molecule has 0 N–H and O–H groups in total. The van der Waals surface area contributed by atoms with Crippen molar-refractivity contribution in [2.75, 3.05) is 20.3 Å². The molecule has 3 heteroatoms. The average Bonchev–Trinajstić information content (AvgIpc) is 2.20. The summed E-state index contributed by atoms with van der Waals surface area (Å²) in [5.74, 6) is 0. The Hall–Kier alpha value is -0.930. The van der Waals surface area contributed by atoms with E-state index in [0.717, 1.165) is 5.56 Å².